The molecule has 4 rings (SSSR count). The second-order valence-corrected chi connectivity index (χ2v) is 7.12. The van der Waals surface area contributed by atoms with Crippen LogP contribution in [0.3, 0.4) is 0 Å². The maximum absolute atomic E-state index is 12.8. The fourth-order valence-electron chi connectivity index (χ4n) is 4.09. The highest BCUT2D eigenvalue weighted by Gasteiger charge is 2.31. The molecule has 28 heavy (non-hydrogen) atoms. The van der Waals surface area contributed by atoms with E-state index in [-0.39, 0.29) is 0 Å². The smallest absolute Gasteiger partial charge is 0.419 e. The van der Waals surface area contributed by atoms with Gasteiger partial charge in [-0.1, -0.05) is 12.1 Å². The number of ether oxygens (including phenoxy) is 2. The lowest BCUT2D eigenvalue weighted by atomic mass is 9.92. The van der Waals surface area contributed by atoms with Gasteiger partial charge in [-0.15, -0.1) is 0 Å². The third kappa shape index (κ3) is 3.07. The summed E-state index contributed by atoms with van der Waals surface area (Å²) in [6.45, 7) is 1.29. The molecule has 0 spiro atoms. The first-order chi connectivity index (χ1) is 13.5. The molecule has 0 saturated heterocycles. The molecule has 2 aliphatic rings. The molecule has 7 heteroatoms. The van der Waals surface area contributed by atoms with Crippen LogP contribution in [0.25, 0.3) is 0 Å². The molecule has 2 N–H and O–H groups in total. The molecular formula is C21H23N3O4. The average molecular weight is 381 g/mol. The largest absolute Gasteiger partial charge is 0.496 e. The number of amides is 2. The van der Waals surface area contributed by atoms with Gasteiger partial charge in [-0.05, 0) is 55.3 Å². The first kappa shape index (κ1) is 18.3. The Hall–Kier alpha value is -3.06. The van der Waals surface area contributed by atoms with E-state index in [1.807, 2.05) is 36.2 Å². The number of nitrogens with two attached hydrogens (primary N) is 1. The van der Waals surface area contributed by atoms with Crippen LogP contribution in [0, 0.1) is 0 Å². The van der Waals surface area contributed by atoms with E-state index in [2.05, 4.69) is 0 Å². The van der Waals surface area contributed by atoms with Crippen molar-refractivity contribution in [3.8, 4) is 11.5 Å². The van der Waals surface area contributed by atoms with E-state index in [1.165, 1.54) is 0 Å². The second kappa shape index (κ2) is 7.16. The standard InChI is InChI=1S/C21H23N3O4/c1-23-10-8-13-6-7-14(12-16(13)19(23)20(22)25)28-21(26)24-11-9-15-17(24)4-3-5-18(15)27-2/h3-7,12,19H,8-11H2,1-2H3,(H2,22,25). The van der Waals surface area contributed by atoms with Crippen molar-refractivity contribution in [3.63, 3.8) is 0 Å². The number of hydrogen-bond donors (Lipinski definition) is 1. The molecule has 0 fully saturated rings. The molecule has 146 valence electrons. The second-order valence-electron chi connectivity index (χ2n) is 7.12. The summed E-state index contributed by atoms with van der Waals surface area (Å²) >= 11 is 0. The Morgan fingerprint density at radius 1 is 1.14 bits per heavy atom. The van der Waals surface area contributed by atoms with Crippen molar-refractivity contribution in [2.24, 2.45) is 5.73 Å². The Morgan fingerprint density at radius 2 is 1.96 bits per heavy atom. The molecule has 0 saturated carbocycles. The van der Waals surface area contributed by atoms with Crippen LogP contribution in [0.5, 0.6) is 11.5 Å². The SMILES string of the molecule is COc1cccc2c1CCN2C(=O)Oc1ccc2c(c1)C(C(N)=O)N(C)CC2. The Kier molecular flexibility index (Phi) is 4.68. The predicted molar refractivity (Wildman–Crippen MR) is 105 cm³/mol. The van der Waals surface area contributed by atoms with Crippen molar-refractivity contribution in [2.45, 2.75) is 18.9 Å². The summed E-state index contributed by atoms with van der Waals surface area (Å²) in [7, 11) is 3.49. The van der Waals surface area contributed by atoms with Crippen molar-refractivity contribution < 1.29 is 19.1 Å². The van der Waals surface area contributed by atoms with Gasteiger partial charge in [0.2, 0.25) is 5.91 Å². The van der Waals surface area contributed by atoms with Gasteiger partial charge in [0.1, 0.15) is 17.5 Å². The number of rotatable bonds is 3. The first-order valence-corrected chi connectivity index (χ1v) is 9.27. The number of anilines is 1. The van der Waals surface area contributed by atoms with E-state index in [4.69, 9.17) is 15.2 Å². The van der Waals surface area contributed by atoms with Gasteiger partial charge in [0.15, 0.2) is 0 Å². The van der Waals surface area contributed by atoms with Crippen molar-refractivity contribution in [2.75, 3.05) is 32.1 Å². The lowest BCUT2D eigenvalue weighted by Crippen LogP contribution is -2.40. The van der Waals surface area contributed by atoms with Crippen LogP contribution >= 0.6 is 0 Å². The van der Waals surface area contributed by atoms with Crippen LogP contribution in [0.4, 0.5) is 10.5 Å². The number of carbonyl (C=O) groups excluding carboxylic acids is 2. The lowest BCUT2D eigenvalue weighted by Gasteiger charge is -2.32. The van der Waals surface area contributed by atoms with Gasteiger partial charge in [-0.25, -0.2) is 4.79 Å². The summed E-state index contributed by atoms with van der Waals surface area (Å²) in [4.78, 5) is 28.2. The lowest BCUT2D eigenvalue weighted by molar-refractivity contribution is -0.123. The summed E-state index contributed by atoms with van der Waals surface area (Å²) in [6.07, 6.45) is 1.09. The molecule has 0 aromatic heterocycles. The zero-order chi connectivity index (χ0) is 19.8. The minimum absolute atomic E-state index is 0.404. The van der Waals surface area contributed by atoms with E-state index in [0.717, 1.165) is 41.1 Å². The number of hydrogen-bond acceptors (Lipinski definition) is 5. The highest BCUT2D eigenvalue weighted by atomic mass is 16.6. The monoisotopic (exact) mass is 381 g/mol. The van der Waals surface area contributed by atoms with Crippen LogP contribution < -0.4 is 20.1 Å². The number of methoxy groups -OCH3 is 1. The molecule has 0 aliphatic carbocycles. The Balaban J connectivity index is 1.58. The summed E-state index contributed by atoms with van der Waals surface area (Å²) in [5.41, 5.74) is 9.26. The van der Waals surface area contributed by atoms with E-state index < -0.39 is 18.0 Å². The van der Waals surface area contributed by atoms with Gasteiger partial charge in [-0.2, -0.15) is 0 Å². The van der Waals surface area contributed by atoms with Gasteiger partial charge in [0.25, 0.3) is 0 Å². The van der Waals surface area contributed by atoms with E-state index in [1.54, 1.807) is 24.1 Å². The fourth-order valence-corrected chi connectivity index (χ4v) is 4.09. The predicted octanol–water partition coefficient (Wildman–Crippen LogP) is 2.27. The van der Waals surface area contributed by atoms with Gasteiger partial charge in [0, 0.05) is 18.7 Å². The Bertz CT molecular complexity index is 943. The number of primary amides is 1. The molecule has 1 unspecified atom stereocenters. The van der Waals surface area contributed by atoms with E-state index in [9.17, 15) is 9.59 Å². The summed E-state index contributed by atoms with van der Waals surface area (Å²) in [5.74, 6) is 0.767. The van der Waals surface area contributed by atoms with Crippen LogP contribution in [0.15, 0.2) is 36.4 Å². The zero-order valence-electron chi connectivity index (χ0n) is 16.0. The zero-order valence-corrected chi connectivity index (χ0v) is 16.0. The number of nitrogens with zero attached hydrogens (tertiary/aromatic N) is 2. The van der Waals surface area contributed by atoms with Gasteiger partial charge >= 0.3 is 6.09 Å². The molecular weight excluding hydrogens is 358 g/mol. The Morgan fingerprint density at radius 3 is 2.71 bits per heavy atom. The van der Waals surface area contributed by atoms with Crippen LogP contribution in [-0.2, 0) is 17.6 Å². The highest BCUT2D eigenvalue weighted by Crippen LogP contribution is 2.36. The third-order valence-electron chi connectivity index (χ3n) is 5.49. The summed E-state index contributed by atoms with van der Waals surface area (Å²) in [6, 6.07) is 10.5. The molecule has 1 atom stereocenters. The molecule has 0 bridgehead atoms. The minimum atomic E-state index is -0.515. The minimum Gasteiger partial charge on any atom is -0.496 e. The molecule has 0 radical (unpaired) electrons. The normalized spacial score (nSPS) is 18.4. The summed E-state index contributed by atoms with van der Waals surface area (Å²) in [5, 5.41) is 0. The van der Waals surface area contributed by atoms with Crippen molar-refractivity contribution >= 4 is 17.7 Å². The van der Waals surface area contributed by atoms with Crippen molar-refractivity contribution in [1.82, 2.24) is 4.90 Å². The van der Waals surface area contributed by atoms with Crippen LogP contribution in [0.1, 0.15) is 22.7 Å². The molecule has 2 aliphatic heterocycles. The molecule has 7 nitrogen and oxygen atoms in total. The maximum Gasteiger partial charge on any atom is 0.419 e. The van der Waals surface area contributed by atoms with Gasteiger partial charge in [0.05, 0.1) is 12.8 Å². The molecule has 2 amide bonds. The average Bonchev–Trinajstić information content (AvgIpc) is 3.11. The highest BCUT2D eigenvalue weighted by molar-refractivity contribution is 5.92. The fraction of sp³-hybridized carbons (Fsp3) is 0.333. The first-order valence-electron chi connectivity index (χ1n) is 9.27. The van der Waals surface area contributed by atoms with E-state index >= 15 is 0 Å². The van der Waals surface area contributed by atoms with Crippen LogP contribution in [0.2, 0.25) is 0 Å². The number of benzene rings is 2. The number of carbonyl (C=O) groups is 2. The number of likely N-dealkylation sites (N-methyl/N-ethyl adjacent to an activating group) is 1. The molecule has 2 aromatic rings. The molecule has 2 heterocycles. The third-order valence-corrected chi connectivity index (χ3v) is 5.49. The van der Waals surface area contributed by atoms with Crippen LogP contribution in [-0.4, -0.2) is 44.1 Å². The van der Waals surface area contributed by atoms with Gasteiger partial charge < -0.3 is 15.2 Å². The maximum atomic E-state index is 12.8. The van der Waals surface area contributed by atoms with E-state index in [0.29, 0.717) is 18.7 Å². The van der Waals surface area contributed by atoms with Gasteiger partial charge in [-0.3, -0.25) is 14.6 Å². The van der Waals surface area contributed by atoms with Crippen molar-refractivity contribution in [3.05, 3.63) is 53.1 Å². The molecule has 2 aromatic carbocycles. The topological polar surface area (TPSA) is 85.1 Å². The summed E-state index contributed by atoms with van der Waals surface area (Å²) < 4.78 is 11.0. The quantitative estimate of drug-likeness (QED) is 0.882. The van der Waals surface area contributed by atoms with Crippen molar-refractivity contribution in [1.29, 1.82) is 0 Å². The Labute approximate surface area is 163 Å². The number of fused-ring (bicyclic) bond motifs is 2.